The molecule has 0 bridgehead atoms. The van der Waals surface area contributed by atoms with E-state index in [9.17, 15) is 9.59 Å². The number of nitrogens with one attached hydrogen (secondary N) is 1. The van der Waals surface area contributed by atoms with E-state index in [-0.39, 0.29) is 24.4 Å². The Morgan fingerprint density at radius 1 is 1.27 bits per heavy atom. The van der Waals surface area contributed by atoms with Gasteiger partial charge in [0.05, 0.1) is 0 Å². The summed E-state index contributed by atoms with van der Waals surface area (Å²) in [6, 6.07) is 7.34. The number of hydrogen-bond donors (Lipinski definition) is 3. The van der Waals surface area contributed by atoms with Crippen LogP contribution >= 0.6 is 12.4 Å². The molecule has 0 aromatic heterocycles. The first kappa shape index (κ1) is 18.5. The van der Waals surface area contributed by atoms with Gasteiger partial charge in [-0.1, -0.05) is 18.6 Å². The molecule has 0 unspecified atom stereocenters. The van der Waals surface area contributed by atoms with E-state index in [1.807, 2.05) is 6.07 Å². The third-order valence-corrected chi connectivity index (χ3v) is 4.11. The monoisotopic (exact) mass is 325 g/mol. The van der Waals surface area contributed by atoms with Crippen LogP contribution in [0.25, 0.3) is 0 Å². The summed E-state index contributed by atoms with van der Waals surface area (Å²) < 4.78 is 0. The van der Waals surface area contributed by atoms with Crippen molar-refractivity contribution in [2.45, 2.75) is 38.1 Å². The number of amides is 2. The normalized spacial score (nSPS) is 20.2. The minimum Gasteiger partial charge on any atom is -0.366 e. The lowest BCUT2D eigenvalue weighted by atomic mass is 10.00. The Labute approximate surface area is 137 Å². The number of benzene rings is 1. The quantitative estimate of drug-likeness (QED) is 0.737. The Morgan fingerprint density at radius 2 is 2.05 bits per heavy atom. The van der Waals surface area contributed by atoms with Crippen LogP contribution in [0.3, 0.4) is 0 Å². The fourth-order valence-corrected chi connectivity index (χ4v) is 2.86. The van der Waals surface area contributed by atoms with Crippen molar-refractivity contribution in [3.05, 3.63) is 35.4 Å². The van der Waals surface area contributed by atoms with Crippen molar-refractivity contribution in [3.63, 3.8) is 0 Å². The predicted molar refractivity (Wildman–Crippen MR) is 88.9 cm³/mol. The van der Waals surface area contributed by atoms with Crippen molar-refractivity contribution in [1.82, 2.24) is 5.32 Å². The highest BCUT2D eigenvalue weighted by molar-refractivity contribution is 5.92. The first-order valence-corrected chi connectivity index (χ1v) is 7.47. The molecule has 1 saturated carbocycles. The predicted octanol–water partition coefficient (Wildman–Crippen LogP) is 1.38. The van der Waals surface area contributed by atoms with Crippen LogP contribution in [-0.2, 0) is 11.2 Å². The first-order chi connectivity index (χ1) is 10.1. The van der Waals surface area contributed by atoms with Gasteiger partial charge in [0, 0.05) is 24.6 Å². The Bertz CT molecular complexity index is 522. The van der Waals surface area contributed by atoms with Gasteiger partial charge in [0.15, 0.2) is 0 Å². The van der Waals surface area contributed by atoms with Crippen LogP contribution < -0.4 is 16.8 Å². The van der Waals surface area contributed by atoms with Crippen molar-refractivity contribution < 1.29 is 9.59 Å². The highest BCUT2D eigenvalue weighted by Crippen LogP contribution is 2.26. The molecule has 0 spiro atoms. The van der Waals surface area contributed by atoms with E-state index in [1.165, 1.54) is 0 Å². The molecule has 0 radical (unpaired) electrons. The highest BCUT2D eigenvalue weighted by atomic mass is 35.5. The summed E-state index contributed by atoms with van der Waals surface area (Å²) in [5.74, 6) is -0.0531. The van der Waals surface area contributed by atoms with Gasteiger partial charge in [-0.25, -0.2) is 0 Å². The SMILES string of the molecule is Cl.NC(=O)c1cccc(CCNC(=O)C[C@@H]2CCC[C@H]2N)c1. The summed E-state index contributed by atoms with van der Waals surface area (Å²) in [5, 5.41) is 2.92. The number of rotatable bonds is 6. The minimum atomic E-state index is -0.434. The Kier molecular flexibility index (Phi) is 7.35. The lowest BCUT2D eigenvalue weighted by molar-refractivity contribution is -0.122. The van der Waals surface area contributed by atoms with Gasteiger partial charge in [0.1, 0.15) is 0 Å². The second kappa shape index (κ2) is 8.76. The van der Waals surface area contributed by atoms with E-state index >= 15 is 0 Å². The van der Waals surface area contributed by atoms with Crippen LogP contribution in [0.5, 0.6) is 0 Å². The van der Waals surface area contributed by atoms with Crippen LogP contribution in [0, 0.1) is 5.92 Å². The van der Waals surface area contributed by atoms with E-state index in [4.69, 9.17) is 11.5 Å². The molecule has 1 aromatic carbocycles. The van der Waals surface area contributed by atoms with Crippen molar-refractivity contribution in [1.29, 1.82) is 0 Å². The maximum Gasteiger partial charge on any atom is 0.248 e. The maximum atomic E-state index is 11.9. The molecule has 1 fully saturated rings. The molecular formula is C16H24ClN3O2. The molecule has 2 atom stereocenters. The average Bonchev–Trinajstić information content (AvgIpc) is 2.84. The fraction of sp³-hybridized carbons (Fsp3) is 0.500. The molecule has 0 saturated heterocycles. The van der Waals surface area contributed by atoms with Crippen LogP contribution in [-0.4, -0.2) is 24.4 Å². The largest absolute Gasteiger partial charge is 0.366 e. The molecule has 0 aliphatic heterocycles. The summed E-state index contributed by atoms with van der Waals surface area (Å²) in [7, 11) is 0. The number of nitrogens with two attached hydrogens (primary N) is 2. The molecular weight excluding hydrogens is 302 g/mol. The van der Waals surface area contributed by atoms with Crippen LogP contribution in [0.2, 0.25) is 0 Å². The van der Waals surface area contributed by atoms with Gasteiger partial charge in [0.25, 0.3) is 0 Å². The van der Waals surface area contributed by atoms with E-state index in [1.54, 1.807) is 18.2 Å². The summed E-state index contributed by atoms with van der Waals surface area (Å²) in [4.78, 5) is 23.0. The summed E-state index contributed by atoms with van der Waals surface area (Å²) in [5.41, 5.74) is 12.7. The lowest BCUT2D eigenvalue weighted by Gasteiger charge is -2.14. The van der Waals surface area contributed by atoms with Gasteiger partial charge < -0.3 is 16.8 Å². The third-order valence-electron chi connectivity index (χ3n) is 4.11. The molecule has 1 aliphatic rings. The first-order valence-electron chi connectivity index (χ1n) is 7.47. The van der Waals surface area contributed by atoms with Crippen molar-refractivity contribution in [2.75, 3.05) is 6.54 Å². The van der Waals surface area contributed by atoms with Gasteiger partial charge in [-0.3, -0.25) is 9.59 Å². The van der Waals surface area contributed by atoms with Crippen molar-refractivity contribution >= 4 is 24.2 Å². The molecule has 1 aliphatic carbocycles. The molecule has 22 heavy (non-hydrogen) atoms. The number of carbonyl (C=O) groups excluding carboxylic acids is 2. The highest BCUT2D eigenvalue weighted by Gasteiger charge is 2.25. The number of halogens is 1. The summed E-state index contributed by atoms with van der Waals surface area (Å²) >= 11 is 0. The van der Waals surface area contributed by atoms with E-state index in [2.05, 4.69) is 5.32 Å². The number of primary amides is 1. The topological polar surface area (TPSA) is 98.2 Å². The summed E-state index contributed by atoms with van der Waals surface area (Å²) in [6.07, 6.45) is 4.40. The minimum absolute atomic E-state index is 0. The van der Waals surface area contributed by atoms with E-state index in [0.717, 1.165) is 24.8 Å². The van der Waals surface area contributed by atoms with Gasteiger partial charge in [0.2, 0.25) is 11.8 Å². The number of carbonyl (C=O) groups is 2. The van der Waals surface area contributed by atoms with Crippen LogP contribution in [0.15, 0.2) is 24.3 Å². The van der Waals surface area contributed by atoms with E-state index < -0.39 is 5.91 Å². The molecule has 6 heteroatoms. The second-order valence-electron chi connectivity index (χ2n) is 5.72. The number of hydrogen-bond acceptors (Lipinski definition) is 3. The molecule has 0 heterocycles. The zero-order valence-corrected chi connectivity index (χ0v) is 13.4. The summed E-state index contributed by atoms with van der Waals surface area (Å²) in [6.45, 7) is 0.559. The van der Waals surface area contributed by atoms with Gasteiger partial charge >= 0.3 is 0 Å². The van der Waals surface area contributed by atoms with Gasteiger partial charge in [-0.05, 0) is 42.9 Å². The maximum absolute atomic E-state index is 11.9. The molecule has 5 nitrogen and oxygen atoms in total. The Balaban J connectivity index is 0.00000242. The molecule has 2 amide bonds. The smallest absolute Gasteiger partial charge is 0.248 e. The van der Waals surface area contributed by atoms with Gasteiger partial charge in [-0.15, -0.1) is 12.4 Å². The molecule has 122 valence electrons. The Morgan fingerprint density at radius 3 is 2.68 bits per heavy atom. The van der Waals surface area contributed by atoms with Crippen LogP contribution in [0.4, 0.5) is 0 Å². The van der Waals surface area contributed by atoms with Crippen molar-refractivity contribution in [3.8, 4) is 0 Å². The zero-order valence-electron chi connectivity index (χ0n) is 12.6. The molecule has 1 aromatic rings. The standard InChI is InChI=1S/C16H23N3O2.ClH/c17-14-6-2-4-12(14)10-15(20)19-8-7-11-3-1-5-13(9-11)16(18)21;/h1,3,5,9,12,14H,2,4,6-8,10,17H2,(H2,18,21)(H,19,20);1H/t12-,14+;/m0./s1. The van der Waals surface area contributed by atoms with E-state index in [0.29, 0.717) is 30.9 Å². The second-order valence-corrected chi connectivity index (χ2v) is 5.72. The zero-order chi connectivity index (χ0) is 15.2. The van der Waals surface area contributed by atoms with Gasteiger partial charge in [-0.2, -0.15) is 0 Å². The van der Waals surface area contributed by atoms with Crippen molar-refractivity contribution in [2.24, 2.45) is 17.4 Å². The fourth-order valence-electron chi connectivity index (χ4n) is 2.86. The average molecular weight is 326 g/mol. The Hall–Kier alpha value is -1.59. The molecule has 5 N–H and O–H groups in total. The van der Waals surface area contributed by atoms with Crippen LogP contribution in [0.1, 0.15) is 41.6 Å². The lowest BCUT2D eigenvalue weighted by Crippen LogP contribution is -2.32. The third kappa shape index (κ3) is 5.31. The molecule has 2 rings (SSSR count).